The largest absolute Gasteiger partial charge is 0.269 e. The minimum atomic E-state index is 0.995. The average molecular weight is 233 g/mol. The lowest BCUT2D eigenvalue weighted by Crippen LogP contribution is -1.86. The summed E-state index contributed by atoms with van der Waals surface area (Å²) in [6.07, 6.45) is 0. The lowest BCUT2D eigenvalue weighted by molar-refractivity contribution is 1.29. The van der Waals surface area contributed by atoms with Crippen molar-refractivity contribution in [1.82, 2.24) is 0 Å². The molecule has 1 heteroatoms. The lowest BCUT2D eigenvalue weighted by Gasteiger charge is -2.06. The third-order valence-electron chi connectivity index (χ3n) is 2.33. The molecular formula is C16H27N. The van der Waals surface area contributed by atoms with Gasteiger partial charge in [-0.15, -0.1) is 0 Å². The minimum absolute atomic E-state index is 0.995. The second-order valence-corrected chi connectivity index (χ2v) is 3.18. The molecule has 0 saturated carbocycles. The van der Waals surface area contributed by atoms with E-state index < -0.39 is 0 Å². The normalized spacial score (nSPS) is 10.1. The van der Waals surface area contributed by atoms with Crippen molar-refractivity contribution in [2.75, 3.05) is 0 Å². The van der Waals surface area contributed by atoms with Crippen molar-refractivity contribution in [2.45, 2.75) is 48.5 Å². The van der Waals surface area contributed by atoms with Crippen molar-refractivity contribution < 1.29 is 0 Å². The van der Waals surface area contributed by atoms with Crippen LogP contribution in [0.5, 0.6) is 0 Å². The molecule has 0 aromatic heterocycles. The summed E-state index contributed by atoms with van der Waals surface area (Å²) in [5, 5.41) is 0. The molecule has 0 fully saturated rings. The van der Waals surface area contributed by atoms with Crippen molar-refractivity contribution in [2.24, 2.45) is 4.99 Å². The van der Waals surface area contributed by atoms with Crippen LogP contribution in [0.2, 0.25) is 0 Å². The maximum Gasteiger partial charge on any atom is 0.0400 e. The van der Waals surface area contributed by atoms with Gasteiger partial charge in [0.05, 0.1) is 0 Å². The average Bonchev–Trinajstić information content (AvgIpc) is 2.42. The van der Waals surface area contributed by atoms with Crippen molar-refractivity contribution >= 4 is 12.3 Å². The maximum atomic E-state index is 3.94. The monoisotopic (exact) mass is 233 g/mol. The number of rotatable bonds is 2. The van der Waals surface area contributed by atoms with Crippen LogP contribution in [0, 0.1) is 6.92 Å². The van der Waals surface area contributed by atoms with Gasteiger partial charge in [0.2, 0.25) is 0 Å². The Labute approximate surface area is 107 Å². The minimum Gasteiger partial charge on any atom is -0.269 e. The molecule has 1 aromatic rings. The molecule has 96 valence electrons. The highest BCUT2D eigenvalue weighted by Crippen LogP contribution is 2.21. The van der Waals surface area contributed by atoms with Crippen LogP contribution in [0.15, 0.2) is 35.0 Å². The van der Waals surface area contributed by atoms with Gasteiger partial charge in [0.15, 0.2) is 0 Å². The molecule has 0 radical (unpaired) electrons. The zero-order valence-corrected chi connectivity index (χ0v) is 12.5. The van der Waals surface area contributed by atoms with Crippen LogP contribution in [0.1, 0.15) is 52.7 Å². The van der Waals surface area contributed by atoms with Crippen LogP contribution in [0.4, 0.5) is 0 Å². The van der Waals surface area contributed by atoms with Crippen molar-refractivity contribution in [3.05, 3.63) is 41.1 Å². The van der Waals surface area contributed by atoms with Crippen LogP contribution in [-0.2, 0) is 0 Å². The van der Waals surface area contributed by atoms with Crippen molar-refractivity contribution in [3.63, 3.8) is 0 Å². The molecule has 0 saturated heterocycles. The molecular weight excluding hydrogens is 206 g/mol. The first-order chi connectivity index (χ1) is 8.16. The Morgan fingerprint density at radius 2 is 1.47 bits per heavy atom. The highest BCUT2D eigenvalue weighted by molar-refractivity contribution is 5.69. The highest BCUT2D eigenvalue weighted by atomic mass is 14.7. The molecule has 17 heavy (non-hydrogen) atoms. The molecule has 0 N–H and O–H groups in total. The zero-order valence-electron chi connectivity index (χ0n) is 12.5. The fraction of sp³-hybridized carbons (Fsp3) is 0.438. The summed E-state index contributed by atoms with van der Waals surface area (Å²) < 4.78 is 0. The Morgan fingerprint density at radius 1 is 1.00 bits per heavy atom. The fourth-order valence-corrected chi connectivity index (χ4v) is 1.31. The van der Waals surface area contributed by atoms with Gasteiger partial charge >= 0.3 is 0 Å². The Balaban J connectivity index is 0. The Bertz CT molecular complexity index is 348. The van der Waals surface area contributed by atoms with Crippen LogP contribution < -0.4 is 0 Å². The molecule has 0 bridgehead atoms. The van der Waals surface area contributed by atoms with Crippen LogP contribution >= 0.6 is 0 Å². The number of hydrogen-bond donors (Lipinski definition) is 0. The number of benzene rings is 1. The van der Waals surface area contributed by atoms with E-state index in [-0.39, 0.29) is 0 Å². The van der Waals surface area contributed by atoms with E-state index in [2.05, 4.69) is 37.7 Å². The van der Waals surface area contributed by atoms with Crippen molar-refractivity contribution in [1.29, 1.82) is 0 Å². The van der Waals surface area contributed by atoms with E-state index in [1.807, 2.05) is 46.8 Å². The van der Waals surface area contributed by atoms with E-state index in [0.29, 0.717) is 0 Å². The SMILES string of the molecule is C=N/C(C)=C(/C)c1ccccc1C.CC.CC. The number of nitrogens with zero attached hydrogens (tertiary/aromatic N) is 1. The molecule has 0 heterocycles. The Kier molecular flexibility index (Phi) is 11.8. The maximum absolute atomic E-state index is 3.94. The van der Waals surface area contributed by atoms with Gasteiger partial charge in [0.25, 0.3) is 0 Å². The molecule has 0 amide bonds. The topological polar surface area (TPSA) is 12.4 Å². The molecule has 0 aliphatic carbocycles. The first kappa shape index (κ1) is 18.0. The zero-order chi connectivity index (χ0) is 13.8. The van der Waals surface area contributed by atoms with E-state index in [1.54, 1.807) is 0 Å². The third-order valence-corrected chi connectivity index (χ3v) is 2.33. The molecule has 0 atom stereocenters. The quantitative estimate of drug-likeness (QED) is 0.598. The van der Waals surface area contributed by atoms with E-state index in [0.717, 1.165) is 5.70 Å². The van der Waals surface area contributed by atoms with Gasteiger partial charge in [-0.1, -0.05) is 52.0 Å². The van der Waals surface area contributed by atoms with E-state index in [9.17, 15) is 0 Å². The lowest BCUT2D eigenvalue weighted by atomic mass is 10.0. The second kappa shape index (κ2) is 11.1. The first-order valence-electron chi connectivity index (χ1n) is 6.37. The number of aryl methyl sites for hydroxylation is 1. The number of aliphatic imine (C=N–C) groups is 1. The molecule has 0 unspecified atom stereocenters. The van der Waals surface area contributed by atoms with Gasteiger partial charge in [-0.05, 0) is 44.2 Å². The summed E-state index contributed by atoms with van der Waals surface area (Å²) in [7, 11) is 0. The molecule has 0 aliphatic rings. The summed E-state index contributed by atoms with van der Waals surface area (Å²) in [6.45, 7) is 17.7. The predicted octanol–water partition coefficient (Wildman–Crippen LogP) is 5.50. The van der Waals surface area contributed by atoms with Gasteiger partial charge in [-0.3, -0.25) is 4.99 Å². The number of hydrogen-bond acceptors (Lipinski definition) is 1. The van der Waals surface area contributed by atoms with E-state index in [1.165, 1.54) is 16.7 Å². The summed E-state index contributed by atoms with van der Waals surface area (Å²) in [5.41, 5.74) is 4.73. The first-order valence-corrected chi connectivity index (χ1v) is 6.37. The summed E-state index contributed by atoms with van der Waals surface area (Å²) >= 11 is 0. The number of allylic oxidation sites excluding steroid dienone is 2. The molecule has 0 aliphatic heterocycles. The highest BCUT2D eigenvalue weighted by Gasteiger charge is 2.01. The summed E-state index contributed by atoms with van der Waals surface area (Å²) in [4.78, 5) is 3.94. The smallest absolute Gasteiger partial charge is 0.0400 e. The van der Waals surface area contributed by atoms with Gasteiger partial charge in [-0.2, -0.15) is 0 Å². The molecule has 1 nitrogen and oxygen atoms in total. The summed E-state index contributed by atoms with van der Waals surface area (Å²) in [5.74, 6) is 0. The van der Waals surface area contributed by atoms with Gasteiger partial charge in [0.1, 0.15) is 0 Å². The fourth-order valence-electron chi connectivity index (χ4n) is 1.31. The standard InChI is InChI=1S/C12H15N.2C2H6/c1-9-7-5-6-8-12(9)10(2)11(3)13-4;2*1-2/h5-8H,4H2,1-3H3;2*1-2H3/b11-10-;;. The molecule has 1 aromatic carbocycles. The molecule has 1 rings (SSSR count). The van der Waals surface area contributed by atoms with E-state index >= 15 is 0 Å². The van der Waals surface area contributed by atoms with Crippen LogP contribution in [0.25, 0.3) is 5.57 Å². The van der Waals surface area contributed by atoms with Crippen LogP contribution in [0.3, 0.4) is 0 Å². The van der Waals surface area contributed by atoms with Gasteiger partial charge in [0, 0.05) is 5.70 Å². The van der Waals surface area contributed by atoms with E-state index in [4.69, 9.17) is 0 Å². The summed E-state index contributed by atoms with van der Waals surface area (Å²) in [6, 6.07) is 8.31. The van der Waals surface area contributed by atoms with Crippen molar-refractivity contribution in [3.8, 4) is 0 Å². The van der Waals surface area contributed by atoms with Crippen LogP contribution in [-0.4, -0.2) is 6.72 Å². The van der Waals surface area contributed by atoms with Gasteiger partial charge in [-0.25, -0.2) is 0 Å². The Morgan fingerprint density at radius 3 is 1.88 bits per heavy atom. The second-order valence-electron chi connectivity index (χ2n) is 3.18. The van der Waals surface area contributed by atoms with Gasteiger partial charge < -0.3 is 0 Å². The molecule has 0 spiro atoms. The predicted molar refractivity (Wildman–Crippen MR) is 81.7 cm³/mol. The Hall–Kier alpha value is -1.37. The third kappa shape index (κ3) is 6.06.